The SMILES string of the molecule is CCOC(=O)c1nc(C(=O)N2CCNC(=O)C2(C)C)cs1. The zero-order chi connectivity index (χ0) is 15.6. The highest BCUT2D eigenvalue weighted by Gasteiger charge is 2.41. The van der Waals surface area contributed by atoms with Crippen molar-refractivity contribution in [1.82, 2.24) is 15.2 Å². The summed E-state index contributed by atoms with van der Waals surface area (Å²) < 4.78 is 4.84. The number of thiazole rings is 1. The van der Waals surface area contributed by atoms with Crippen LogP contribution in [0.3, 0.4) is 0 Å². The van der Waals surface area contributed by atoms with Gasteiger partial charge in [0.15, 0.2) is 0 Å². The van der Waals surface area contributed by atoms with E-state index in [4.69, 9.17) is 4.74 Å². The predicted octanol–water partition coefficient (Wildman–Crippen LogP) is 0.670. The first-order valence-corrected chi connectivity index (χ1v) is 7.48. The van der Waals surface area contributed by atoms with Crippen molar-refractivity contribution in [2.24, 2.45) is 0 Å². The number of aromatic nitrogens is 1. The molecule has 0 atom stereocenters. The predicted molar refractivity (Wildman–Crippen MR) is 76.2 cm³/mol. The first-order chi connectivity index (χ1) is 9.87. The average molecular weight is 311 g/mol. The van der Waals surface area contributed by atoms with Crippen LogP contribution < -0.4 is 5.32 Å². The Bertz CT molecular complexity index is 582. The molecule has 21 heavy (non-hydrogen) atoms. The minimum atomic E-state index is -0.941. The number of rotatable bonds is 3. The Kier molecular flexibility index (Phi) is 4.26. The molecule has 2 rings (SSSR count). The topological polar surface area (TPSA) is 88.6 Å². The van der Waals surface area contributed by atoms with Crippen molar-refractivity contribution in [3.05, 3.63) is 16.1 Å². The summed E-state index contributed by atoms with van der Waals surface area (Å²) >= 11 is 1.06. The number of esters is 1. The maximum Gasteiger partial charge on any atom is 0.367 e. The molecular weight excluding hydrogens is 294 g/mol. The summed E-state index contributed by atoms with van der Waals surface area (Å²) in [7, 11) is 0. The molecule has 0 spiro atoms. The molecule has 0 radical (unpaired) electrons. The molecule has 1 N–H and O–H groups in total. The summed E-state index contributed by atoms with van der Waals surface area (Å²) in [5, 5.41) is 4.37. The van der Waals surface area contributed by atoms with E-state index < -0.39 is 11.5 Å². The molecule has 1 aromatic heterocycles. The van der Waals surface area contributed by atoms with Gasteiger partial charge in [-0.25, -0.2) is 9.78 Å². The van der Waals surface area contributed by atoms with Gasteiger partial charge in [0, 0.05) is 18.5 Å². The summed E-state index contributed by atoms with van der Waals surface area (Å²) in [6, 6.07) is 0. The lowest BCUT2D eigenvalue weighted by Gasteiger charge is -2.40. The Hall–Kier alpha value is -1.96. The molecule has 0 unspecified atom stereocenters. The average Bonchev–Trinajstić information content (AvgIpc) is 2.91. The second-order valence-corrected chi connectivity index (χ2v) is 5.89. The molecule has 0 aliphatic carbocycles. The smallest absolute Gasteiger partial charge is 0.367 e. The molecule has 0 aromatic carbocycles. The van der Waals surface area contributed by atoms with Crippen LogP contribution in [0.1, 0.15) is 41.1 Å². The van der Waals surface area contributed by atoms with Crippen LogP contribution in [-0.2, 0) is 9.53 Å². The van der Waals surface area contributed by atoms with Crippen molar-refractivity contribution in [3.8, 4) is 0 Å². The van der Waals surface area contributed by atoms with Crippen molar-refractivity contribution in [1.29, 1.82) is 0 Å². The van der Waals surface area contributed by atoms with Gasteiger partial charge in [-0.1, -0.05) is 0 Å². The molecule has 1 saturated heterocycles. The Morgan fingerprint density at radius 3 is 2.90 bits per heavy atom. The van der Waals surface area contributed by atoms with Gasteiger partial charge in [-0.3, -0.25) is 9.59 Å². The zero-order valence-electron chi connectivity index (χ0n) is 12.1. The van der Waals surface area contributed by atoms with Gasteiger partial charge in [0.1, 0.15) is 11.2 Å². The molecule has 1 fully saturated rings. The molecule has 114 valence electrons. The third-order valence-corrected chi connectivity index (χ3v) is 4.09. The lowest BCUT2D eigenvalue weighted by Crippen LogP contribution is -2.63. The number of nitrogens with one attached hydrogen (secondary N) is 1. The van der Waals surface area contributed by atoms with Crippen molar-refractivity contribution in [3.63, 3.8) is 0 Å². The van der Waals surface area contributed by atoms with Gasteiger partial charge in [0.05, 0.1) is 6.61 Å². The van der Waals surface area contributed by atoms with Crippen LogP contribution in [0.15, 0.2) is 5.38 Å². The van der Waals surface area contributed by atoms with Crippen LogP contribution in [0.25, 0.3) is 0 Å². The van der Waals surface area contributed by atoms with Crippen molar-refractivity contribution in [2.45, 2.75) is 26.3 Å². The normalized spacial score (nSPS) is 17.3. The number of ether oxygens (including phenoxy) is 1. The van der Waals surface area contributed by atoms with Gasteiger partial charge in [-0.15, -0.1) is 11.3 Å². The van der Waals surface area contributed by atoms with Crippen molar-refractivity contribution >= 4 is 29.1 Å². The fraction of sp³-hybridized carbons (Fsp3) is 0.538. The summed E-state index contributed by atoms with van der Waals surface area (Å²) in [5.74, 6) is -1.11. The summed E-state index contributed by atoms with van der Waals surface area (Å²) in [6.45, 7) is 6.12. The van der Waals surface area contributed by atoms with Crippen LogP contribution in [0, 0.1) is 0 Å². The number of carbonyl (C=O) groups is 3. The van der Waals surface area contributed by atoms with E-state index in [0.717, 1.165) is 11.3 Å². The van der Waals surface area contributed by atoms with Gasteiger partial charge in [0.25, 0.3) is 5.91 Å². The minimum Gasteiger partial charge on any atom is -0.461 e. The van der Waals surface area contributed by atoms with Gasteiger partial charge >= 0.3 is 5.97 Å². The lowest BCUT2D eigenvalue weighted by molar-refractivity contribution is -0.133. The van der Waals surface area contributed by atoms with Crippen LogP contribution in [0.4, 0.5) is 0 Å². The van der Waals surface area contributed by atoms with Gasteiger partial charge in [-0.2, -0.15) is 0 Å². The van der Waals surface area contributed by atoms with Crippen LogP contribution in [0.2, 0.25) is 0 Å². The Morgan fingerprint density at radius 1 is 1.52 bits per heavy atom. The van der Waals surface area contributed by atoms with E-state index in [-0.39, 0.29) is 29.1 Å². The maximum atomic E-state index is 12.5. The largest absolute Gasteiger partial charge is 0.461 e. The number of hydrogen-bond donors (Lipinski definition) is 1. The van der Waals surface area contributed by atoms with Crippen LogP contribution in [0.5, 0.6) is 0 Å². The molecular formula is C13H17N3O4S. The fourth-order valence-electron chi connectivity index (χ4n) is 2.05. The van der Waals surface area contributed by atoms with Crippen molar-refractivity contribution < 1.29 is 19.1 Å². The monoisotopic (exact) mass is 311 g/mol. The Labute approximate surface area is 126 Å². The summed E-state index contributed by atoms with van der Waals surface area (Å²) in [6.07, 6.45) is 0. The zero-order valence-corrected chi connectivity index (χ0v) is 13.0. The molecule has 2 amide bonds. The van der Waals surface area contributed by atoms with E-state index in [0.29, 0.717) is 13.1 Å². The van der Waals surface area contributed by atoms with Crippen LogP contribution in [-0.4, -0.2) is 52.9 Å². The molecule has 1 aromatic rings. The summed E-state index contributed by atoms with van der Waals surface area (Å²) in [5.41, 5.74) is -0.783. The van der Waals surface area contributed by atoms with E-state index in [9.17, 15) is 14.4 Å². The Balaban J connectivity index is 2.20. The van der Waals surface area contributed by atoms with Gasteiger partial charge in [0.2, 0.25) is 10.9 Å². The number of carbonyl (C=O) groups excluding carboxylic acids is 3. The number of amides is 2. The molecule has 0 saturated carbocycles. The van der Waals surface area contributed by atoms with Crippen molar-refractivity contribution in [2.75, 3.05) is 19.7 Å². The van der Waals surface area contributed by atoms with Gasteiger partial charge < -0.3 is 15.0 Å². The van der Waals surface area contributed by atoms with E-state index in [1.165, 1.54) is 10.3 Å². The van der Waals surface area contributed by atoms with E-state index in [1.807, 2.05) is 0 Å². The second-order valence-electron chi connectivity index (χ2n) is 5.03. The molecule has 7 nitrogen and oxygen atoms in total. The third kappa shape index (κ3) is 2.90. The highest BCUT2D eigenvalue weighted by molar-refractivity contribution is 7.11. The van der Waals surface area contributed by atoms with E-state index >= 15 is 0 Å². The third-order valence-electron chi connectivity index (χ3n) is 3.27. The number of piperazine rings is 1. The van der Waals surface area contributed by atoms with Crippen LogP contribution >= 0.6 is 11.3 Å². The molecule has 8 heteroatoms. The first kappa shape index (κ1) is 15.4. The fourth-order valence-corrected chi connectivity index (χ4v) is 2.73. The highest BCUT2D eigenvalue weighted by atomic mass is 32.1. The molecule has 2 heterocycles. The Morgan fingerprint density at radius 2 is 2.24 bits per heavy atom. The minimum absolute atomic E-state index is 0.138. The summed E-state index contributed by atoms with van der Waals surface area (Å²) in [4.78, 5) is 41.4. The second kappa shape index (κ2) is 5.80. The van der Waals surface area contributed by atoms with E-state index in [1.54, 1.807) is 20.8 Å². The molecule has 1 aliphatic rings. The number of nitrogens with zero attached hydrogens (tertiary/aromatic N) is 2. The quantitative estimate of drug-likeness (QED) is 0.829. The van der Waals surface area contributed by atoms with E-state index in [2.05, 4.69) is 10.3 Å². The first-order valence-electron chi connectivity index (χ1n) is 6.60. The highest BCUT2D eigenvalue weighted by Crippen LogP contribution is 2.21. The standard InChI is InChI=1S/C13H17N3O4S/c1-4-20-11(18)9-15-8(7-21-9)10(17)16-6-5-14-12(19)13(16,2)3/h7H,4-6H2,1-3H3,(H,14,19). The maximum absolute atomic E-state index is 12.5. The lowest BCUT2D eigenvalue weighted by atomic mass is 9.98. The van der Waals surface area contributed by atoms with Gasteiger partial charge in [-0.05, 0) is 20.8 Å². The molecule has 0 bridgehead atoms. The number of hydrogen-bond acceptors (Lipinski definition) is 6. The molecule has 1 aliphatic heterocycles.